The van der Waals surface area contributed by atoms with Crippen molar-refractivity contribution < 1.29 is 14.6 Å². The Labute approximate surface area is 176 Å². The van der Waals surface area contributed by atoms with E-state index in [9.17, 15) is 9.90 Å². The molecule has 2 aromatic carbocycles. The predicted octanol–water partition coefficient (Wildman–Crippen LogP) is 3.36. The lowest BCUT2D eigenvalue weighted by atomic mass is 9.93. The molecule has 0 heterocycles. The van der Waals surface area contributed by atoms with Crippen LogP contribution in [0.1, 0.15) is 25.0 Å². The molecule has 0 aliphatic rings. The Kier molecular flexibility index (Phi) is 9.93. The topological polar surface area (TPSA) is 98.6 Å². The molecule has 0 saturated carbocycles. The van der Waals surface area contributed by atoms with E-state index >= 15 is 0 Å². The quantitative estimate of drug-likeness (QED) is 0.614. The molecule has 0 amide bonds. The van der Waals surface area contributed by atoms with Crippen LogP contribution in [-0.4, -0.2) is 35.9 Å². The molecule has 2 aromatic rings. The molecule has 2 rings (SSSR count). The Hall–Kier alpha value is -1.63. The maximum Gasteiger partial charge on any atom is 0.322 e. The highest BCUT2D eigenvalue weighted by molar-refractivity contribution is 6.30. The summed E-state index contributed by atoms with van der Waals surface area (Å²) in [5, 5.41) is 11.0. The smallest absolute Gasteiger partial charge is 0.322 e. The summed E-state index contributed by atoms with van der Waals surface area (Å²) in [5.74, 6) is -0.403. The molecule has 154 valence electrons. The number of esters is 1. The van der Waals surface area contributed by atoms with E-state index in [1.54, 1.807) is 26.0 Å². The zero-order valence-corrected chi connectivity index (χ0v) is 17.9. The fourth-order valence-corrected chi connectivity index (χ4v) is 2.49. The van der Waals surface area contributed by atoms with Crippen LogP contribution in [0.25, 0.3) is 0 Å². The van der Waals surface area contributed by atoms with Gasteiger partial charge in [0.25, 0.3) is 0 Å². The molecule has 0 radical (unpaired) electrons. The monoisotopic (exact) mass is 426 g/mol. The maximum absolute atomic E-state index is 11.0. The van der Waals surface area contributed by atoms with E-state index < -0.39 is 17.6 Å². The number of rotatable bonds is 6. The van der Waals surface area contributed by atoms with Crippen molar-refractivity contribution >= 4 is 29.2 Å². The zero-order chi connectivity index (χ0) is 21.3. The Bertz CT molecular complexity index is 729. The second-order valence-electron chi connectivity index (χ2n) is 7.05. The van der Waals surface area contributed by atoms with Crippen LogP contribution in [-0.2, 0) is 22.4 Å². The van der Waals surface area contributed by atoms with Crippen molar-refractivity contribution in [3.8, 4) is 0 Å². The highest BCUT2D eigenvalue weighted by atomic mass is 35.5. The van der Waals surface area contributed by atoms with Crippen molar-refractivity contribution in [2.75, 3.05) is 7.11 Å². The SMILES string of the molecule is CC(C)(O)[C@@H](N)Cc1ccc(Cl)cc1.COC(=O)[C@@H](N)Cc1ccc(Cl)cc1. The van der Waals surface area contributed by atoms with Crippen molar-refractivity contribution in [2.45, 2.75) is 44.4 Å². The molecule has 5 N–H and O–H groups in total. The minimum atomic E-state index is -0.848. The lowest BCUT2D eigenvalue weighted by Crippen LogP contribution is -2.44. The molecule has 0 unspecified atom stereocenters. The normalized spacial score (nSPS) is 13.1. The largest absolute Gasteiger partial charge is 0.468 e. The van der Waals surface area contributed by atoms with Crippen LogP contribution in [0.15, 0.2) is 48.5 Å². The molecule has 0 spiro atoms. The number of hydrogen-bond acceptors (Lipinski definition) is 5. The summed E-state index contributed by atoms with van der Waals surface area (Å²) >= 11 is 11.5. The molecule has 7 heteroatoms. The molecule has 0 aromatic heterocycles. The summed E-state index contributed by atoms with van der Waals surface area (Å²) < 4.78 is 4.52. The van der Waals surface area contributed by atoms with Gasteiger partial charge in [-0.2, -0.15) is 0 Å². The standard InChI is InChI=1S/C11H16ClNO.C10H12ClNO2/c1-11(2,14)10(13)7-8-3-5-9(12)6-4-8;1-14-10(13)9(12)6-7-2-4-8(11)5-3-7/h3-6,10,14H,7,13H2,1-2H3;2-5,9H,6,12H2,1H3/t10-;9-/m00/s1. The molecule has 2 atom stereocenters. The minimum absolute atomic E-state index is 0.260. The molecule has 0 bridgehead atoms. The summed E-state index contributed by atoms with van der Waals surface area (Å²) in [7, 11) is 1.32. The van der Waals surface area contributed by atoms with Crippen molar-refractivity contribution in [2.24, 2.45) is 11.5 Å². The van der Waals surface area contributed by atoms with Crippen molar-refractivity contribution in [1.29, 1.82) is 0 Å². The zero-order valence-electron chi connectivity index (χ0n) is 16.4. The van der Waals surface area contributed by atoms with Crippen molar-refractivity contribution in [3.05, 3.63) is 69.7 Å². The highest BCUT2D eigenvalue weighted by Crippen LogP contribution is 2.15. The van der Waals surface area contributed by atoms with Crippen LogP contribution in [0.3, 0.4) is 0 Å². The minimum Gasteiger partial charge on any atom is -0.468 e. The number of carbonyl (C=O) groups excluding carboxylic acids is 1. The van der Waals surface area contributed by atoms with Crippen LogP contribution >= 0.6 is 23.2 Å². The van der Waals surface area contributed by atoms with Gasteiger partial charge in [0.2, 0.25) is 0 Å². The third-order valence-corrected chi connectivity index (χ3v) is 4.65. The summed E-state index contributed by atoms with van der Waals surface area (Å²) in [6.07, 6.45) is 1.12. The van der Waals surface area contributed by atoms with E-state index in [1.165, 1.54) is 7.11 Å². The second kappa shape index (κ2) is 11.4. The van der Waals surface area contributed by atoms with E-state index in [0.29, 0.717) is 22.9 Å². The molecule has 0 aliphatic heterocycles. The molecule has 5 nitrogen and oxygen atoms in total. The average Bonchev–Trinajstić information content (AvgIpc) is 2.64. The molecule has 0 aliphatic carbocycles. The first-order chi connectivity index (χ1) is 13.0. The van der Waals surface area contributed by atoms with Gasteiger partial charge in [0, 0.05) is 16.1 Å². The van der Waals surface area contributed by atoms with Crippen molar-refractivity contribution in [1.82, 2.24) is 0 Å². The van der Waals surface area contributed by atoms with Gasteiger partial charge >= 0.3 is 5.97 Å². The van der Waals surface area contributed by atoms with Gasteiger partial charge < -0.3 is 21.3 Å². The highest BCUT2D eigenvalue weighted by Gasteiger charge is 2.22. The van der Waals surface area contributed by atoms with Crippen LogP contribution in [0.2, 0.25) is 10.0 Å². The summed E-state index contributed by atoms with van der Waals surface area (Å²) in [5.41, 5.74) is 12.6. The number of aliphatic hydroxyl groups is 1. The van der Waals surface area contributed by atoms with Crippen LogP contribution in [0.4, 0.5) is 0 Å². The third kappa shape index (κ3) is 9.04. The maximum atomic E-state index is 11.0. The van der Waals surface area contributed by atoms with Crippen molar-refractivity contribution in [3.63, 3.8) is 0 Å². The van der Waals surface area contributed by atoms with Crippen LogP contribution in [0, 0.1) is 0 Å². The lowest BCUT2D eigenvalue weighted by Gasteiger charge is -2.25. The number of benzene rings is 2. The number of halogens is 2. The molecule has 28 heavy (non-hydrogen) atoms. The van der Waals surface area contributed by atoms with E-state index in [0.717, 1.165) is 11.1 Å². The fourth-order valence-electron chi connectivity index (χ4n) is 2.23. The average molecular weight is 427 g/mol. The van der Waals surface area contributed by atoms with Gasteiger partial charge in [0.05, 0.1) is 12.7 Å². The molecular weight excluding hydrogens is 399 g/mol. The number of carbonyl (C=O) groups is 1. The van der Waals surface area contributed by atoms with E-state index in [4.69, 9.17) is 34.7 Å². The Morgan fingerprint density at radius 3 is 1.71 bits per heavy atom. The Morgan fingerprint density at radius 1 is 0.964 bits per heavy atom. The molecule has 0 saturated heterocycles. The van der Waals surface area contributed by atoms with Gasteiger partial charge in [-0.1, -0.05) is 47.5 Å². The van der Waals surface area contributed by atoms with Gasteiger partial charge in [0.15, 0.2) is 0 Å². The first kappa shape index (κ1) is 24.4. The number of nitrogens with two attached hydrogens (primary N) is 2. The number of ether oxygens (including phenoxy) is 1. The summed E-state index contributed by atoms with van der Waals surface area (Å²) in [6.45, 7) is 3.43. The van der Waals surface area contributed by atoms with Gasteiger partial charge in [-0.15, -0.1) is 0 Å². The van der Waals surface area contributed by atoms with Crippen LogP contribution < -0.4 is 11.5 Å². The van der Waals surface area contributed by atoms with Gasteiger partial charge in [-0.05, 0) is 62.1 Å². The van der Waals surface area contributed by atoms with Crippen LogP contribution in [0.5, 0.6) is 0 Å². The fraction of sp³-hybridized carbons (Fsp3) is 0.381. The summed E-state index contributed by atoms with van der Waals surface area (Å²) in [4.78, 5) is 11.0. The second-order valence-corrected chi connectivity index (χ2v) is 7.92. The Morgan fingerprint density at radius 2 is 1.36 bits per heavy atom. The molecular formula is C21H28Cl2N2O3. The Balaban J connectivity index is 0.000000280. The molecule has 0 fully saturated rings. The third-order valence-electron chi connectivity index (χ3n) is 4.15. The number of hydrogen-bond donors (Lipinski definition) is 3. The van der Waals surface area contributed by atoms with E-state index in [2.05, 4.69) is 4.74 Å². The van der Waals surface area contributed by atoms with Gasteiger partial charge in [0.1, 0.15) is 6.04 Å². The lowest BCUT2D eigenvalue weighted by molar-refractivity contribution is -0.142. The van der Waals surface area contributed by atoms with E-state index in [1.807, 2.05) is 36.4 Å². The van der Waals surface area contributed by atoms with Gasteiger partial charge in [-0.25, -0.2) is 0 Å². The number of methoxy groups -OCH3 is 1. The van der Waals surface area contributed by atoms with Gasteiger partial charge in [-0.3, -0.25) is 4.79 Å². The summed E-state index contributed by atoms with van der Waals surface area (Å²) in [6, 6.07) is 13.8. The predicted molar refractivity (Wildman–Crippen MR) is 115 cm³/mol. The van der Waals surface area contributed by atoms with E-state index in [-0.39, 0.29) is 6.04 Å². The first-order valence-corrected chi connectivity index (χ1v) is 9.58. The first-order valence-electron chi connectivity index (χ1n) is 8.83.